The van der Waals surface area contributed by atoms with Crippen molar-refractivity contribution in [1.29, 1.82) is 0 Å². The molecule has 7 heteroatoms. The van der Waals surface area contributed by atoms with Gasteiger partial charge in [0, 0.05) is 10.9 Å². The number of rotatable bonds is 4. The molecule has 0 amide bonds. The molecule has 25 heavy (non-hydrogen) atoms. The lowest BCUT2D eigenvalue weighted by Crippen LogP contribution is -2.16. The number of carbonyl (C=O) groups excluding carboxylic acids is 1. The maximum atomic E-state index is 12.2. The molecule has 1 heterocycles. The Balaban J connectivity index is 1.87. The molecule has 2 aromatic carbocycles. The highest BCUT2D eigenvalue weighted by molar-refractivity contribution is 5.96. The predicted octanol–water partition coefficient (Wildman–Crippen LogP) is 4.91. The molecule has 0 aliphatic carbocycles. The van der Waals surface area contributed by atoms with E-state index < -0.39 is 12.3 Å². The molecule has 3 aromatic rings. The summed E-state index contributed by atoms with van der Waals surface area (Å²) in [7, 11) is 0. The Morgan fingerprint density at radius 2 is 1.72 bits per heavy atom. The molecule has 0 atom stereocenters. The number of alkyl halides is 3. The second-order valence-electron chi connectivity index (χ2n) is 5.28. The van der Waals surface area contributed by atoms with Crippen LogP contribution in [-0.2, 0) is 4.74 Å². The highest BCUT2D eigenvalue weighted by atomic mass is 19.4. The number of H-pyrrole nitrogens is 1. The fourth-order valence-electron chi connectivity index (χ4n) is 2.48. The first-order valence-electron chi connectivity index (χ1n) is 7.52. The zero-order valence-corrected chi connectivity index (χ0v) is 13.2. The van der Waals surface area contributed by atoms with Gasteiger partial charge >= 0.3 is 12.3 Å². The van der Waals surface area contributed by atoms with Crippen molar-refractivity contribution in [3.8, 4) is 16.9 Å². The van der Waals surface area contributed by atoms with Crippen molar-refractivity contribution < 1.29 is 27.4 Å². The average molecular weight is 349 g/mol. The molecule has 0 fully saturated rings. The molecule has 0 aliphatic heterocycles. The molecule has 0 spiro atoms. The number of aromatic amines is 1. The van der Waals surface area contributed by atoms with Crippen molar-refractivity contribution in [2.75, 3.05) is 6.61 Å². The number of nitrogens with one attached hydrogen (secondary N) is 1. The first-order chi connectivity index (χ1) is 11.9. The smallest absolute Gasteiger partial charge is 0.461 e. The van der Waals surface area contributed by atoms with Crippen LogP contribution in [0, 0.1) is 0 Å². The highest BCUT2D eigenvalue weighted by Gasteiger charge is 2.30. The van der Waals surface area contributed by atoms with Gasteiger partial charge in [0.15, 0.2) is 0 Å². The lowest BCUT2D eigenvalue weighted by molar-refractivity contribution is -0.274. The number of esters is 1. The van der Waals surface area contributed by atoms with Crippen LogP contribution in [0.25, 0.3) is 22.0 Å². The summed E-state index contributed by atoms with van der Waals surface area (Å²) in [5.41, 5.74) is 2.66. The maximum Gasteiger partial charge on any atom is 0.573 e. The largest absolute Gasteiger partial charge is 0.573 e. The molecule has 3 rings (SSSR count). The van der Waals surface area contributed by atoms with Crippen molar-refractivity contribution in [3.63, 3.8) is 0 Å². The molecule has 0 saturated heterocycles. The monoisotopic (exact) mass is 349 g/mol. The summed E-state index contributed by atoms with van der Waals surface area (Å²) in [6, 6.07) is 12.7. The third-order valence-corrected chi connectivity index (χ3v) is 3.54. The van der Waals surface area contributed by atoms with Crippen LogP contribution in [-0.4, -0.2) is 23.9 Å². The number of aromatic nitrogens is 1. The minimum Gasteiger partial charge on any atom is -0.461 e. The maximum absolute atomic E-state index is 12.2. The Kier molecular flexibility index (Phi) is 4.39. The van der Waals surface area contributed by atoms with Gasteiger partial charge < -0.3 is 14.5 Å². The van der Waals surface area contributed by atoms with Crippen LogP contribution in [0.15, 0.2) is 48.5 Å². The summed E-state index contributed by atoms with van der Waals surface area (Å²) >= 11 is 0. The number of benzene rings is 2. The van der Waals surface area contributed by atoms with Gasteiger partial charge in [0.25, 0.3) is 0 Å². The Labute approximate surface area is 141 Å². The lowest BCUT2D eigenvalue weighted by atomic mass is 10.0. The predicted molar refractivity (Wildman–Crippen MR) is 86.4 cm³/mol. The van der Waals surface area contributed by atoms with Gasteiger partial charge in [0.1, 0.15) is 11.4 Å². The van der Waals surface area contributed by atoms with Gasteiger partial charge in [-0.15, -0.1) is 13.2 Å². The lowest BCUT2D eigenvalue weighted by Gasteiger charge is -2.09. The van der Waals surface area contributed by atoms with Gasteiger partial charge in [-0.25, -0.2) is 4.79 Å². The molecule has 0 radical (unpaired) electrons. The molecular weight excluding hydrogens is 335 g/mol. The molecule has 0 unspecified atom stereocenters. The third-order valence-electron chi connectivity index (χ3n) is 3.54. The van der Waals surface area contributed by atoms with Crippen LogP contribution < -0.4 is 4.74 Å². The molecule has 1 aromatic heterocycles. The van der Waals surface area contributed by atoms with Crippen molar-refractivity contribution in [2.24, 2.45) is 0 Å². The molecule has 130 valence electrons. The molecule has 0 aliphatic rings. The summed E-state index contributed by atoms with van der Waals surface area (Å²) in [6.07, 6.45) is -4.71. The number of hydrogen-bond donors (Lipinski definition) is 1. The van der Waals surface area contributed by atoms with Gasteiger partial charge in [-0.3, -0.25) is 0 Å². The third kappa shape index (κ3) is 3.93. The molecule has 1 N–H and O–H groups in total. The van der Waals surface area contributed by atoms with Crippen LogP contribution in [0.2, 0.25) is 0 Å². The van der Waals surface area contributed by atoms with E-state index in [9.17, 15) is 18.0 Å². The van der Waals surface area contributed by atoms with E-state index in [2.05, 4.69) is 9.72 Å². The normalized spacial score (nSPS) is 11.5. The van der Waals surface area contributed by atoms with E-state index in [0.717, 1.165) is 22.0 Å². The van der Waals surface area contributed by atoms with E-state index in [1.54, 1.807) is 31.2 Å². The first kappa shape index (κ1) is 16.9. The van der Waals surface area contributed by atoms with E-state index in [4.69, 9.17) is 4.74 Å². The van der Waals surface area contributed by atoms with Crippen LogP contribution in [0.1, 0.15) is 17.4 Å². The van der Waals surface area contributed by atoms with E-state index in [1.165, 1.54) is 12.1 Å². The van der Waals surface area contributed by atoms with Gasteiger partial charge in [0.05, 0.1) is 6.61 Å². The molecular formula is C18H14F3NO3. The van der Waals surface area contributed by atoms with E-state index >= 15 is 0 Å². The molecule has 4 nitrogen and oxygen atoms in total. The van der Waals surface area contributed by atoms with E-state index in [0.29, 0.717) is 5.69 Å². The van der Waals surface area contributed by atoms with Crippen LogP contribution in [0.5, 0.6) is 5.75 Å². The Morgan fingerprint density at radius 1 is 1.04 bits per heavy atom. The van der Waals surface area contributed by atoms with Gasteiger partial charge in [0.2, 0.25) is 0 Å². The summed E-state index contributed by atoms with van der Waals surface area (Å²) < 4.78 is 45.4. The minimum atomic E-state index is -4.71. The molecule has 0 saturated carbocycles. The van der Waals surface area contributed by atoms with E-state index in [1.807, 2.05) is 12.1 Å². The fraction of sp³-hybridized carbons (Fsp3) is 0.167. The SMILES string of the molecule is CCOC(=O)c1cc2cc(-c3ccc(OC(F)(F)F)cc3)ccc2[nH]1. The Hall–Kier alpha value is -2.96. The Morgan fingerprint density at radius 3 is 2.36 bits per heavy atom. The van der Waals surface area contributed by atoms with Crippen molar-refractivity contribution in [2.45, 2.75) is 13.3 Å². The number of halogens is 3. The van der Waals surface area contributed by atoms with E-state index in [-0.39, 0.29) is 12.4 Å². The summed E-state index contributed by atoms with van der Waals surface area (Å²) in [5, 5.41) is 0.802. The fourth-order valence-corrected chi connectivity index (χ4v) is 2.48. The standard InChI is InChI=1S/C18H14F3NO3/c1-2-24-17(23)16-10-13-9-12(5-8-15(13)22-16)11-3-6-14(7-4-11)25-18(19,20)21/h3-10,22H,2H2,1H3. The van der Waals surface area contributed by atoms with Crippen LogP contribution in [0.3, 0.4) is 0 Å². The van der Waals surface area contributed by atoms with Gasteiger partial charge in [-0.2, -0.15) is 0 Å². The quantitative estimate of drug-likeness (QED) is 0.681. The summed E-state index contributed by atoms with van der Waals surface area (Å²) in [6.45, 7) is 2.01. The second-order valence-corrected chi connectivity index (χ2v) is 5.28. The first-order valence-corrected chi connectivity index (χ1v) is 7.52. The highest BCUT2D eigenvalue weighted by Crippen LogP contribution is 2.28. The van der Waals surface area contributed by atoms with Gasteiger partial charge in [-0.05, 0) is 48.4 Å². The minimum absolute atomic E-state index is 0.274. The van der Waals surface area contributed by atoms with Crippen molar-refractivity contribution in [1.82, 2.24) is 4.98 Å². The zero-order chi connectivity index (χ0) is 18.0. The number of ether oxygens (including phenoxy) is 2. The van der Waals surface area contributed by atoms with Crippen LogP contribution in [0.4, 0.5) is 13.2 Å². The number of carbonyl (C=O) groups is 1. The van der Waals surface area contributed by atoms with Gasteiger partial charge in [-0.1, -0.05) is 18.2 Å². The van der Waals surface area contributed by atoms with Crippen LogP contribution >= 0.6 is 0 Å². The summed E-state index contributed by atoms with van der Waals surface area (Å²) in [5.74, 6) is -0.711. The average Bonchev–Trinajstić information content (AvgIpc) is 2.97. The zero-order valence-electron chi connectivity index (χ0n) is 13.2. The van der Waals surface area contributed by atoms with Crippen molar-refractivity contribution in [3.05, 3.63) is 54.2 Å². The second kappa shape index (κ2) is 6.51. The Bertz CT molecular complexity index is 898. The number of hydrogen-bond acceptors (Lipinski definition) is 3. The van der Waals surface area contributed by atoms with Crippen molar-refractivity contribution >= 4 is 16.9 Å². The topological polar surface area (TPSA) is 51.3 Å². The number of fused-ring (bicyclic) bond motifs is 1. The summed E-state index contributed by atoms with van der Waals surface area (Å²) in [4.78, 5) is 14.7. The molecule has 0 bridgehead atoms.